The fourth-order valence-electron chi connectivity index (χ4n) is 2.77. The maximum atomic E-state index is 12.3. The molecule has 0 saturated heterocycles. The molecule has 9 nitrogen and oxygen atoms in total. The molecule has 3 aromatic rings. The number of H-pyrrole nitrogens is 1. The highest BCUT2D eigenvalue weighted by atomic mass is 32.1. The van der Waals surface area contributed by atoms with Gasteiger partial charge >= 0.3 is 0 Å². The molecule has 0 saturated carbocycles. The van der Waals surface area contributed by atoms with E-state index in [-0.39, 0.29) is 11.5 Å². The molecular formula is C20H26N8OS. The Hall–Kier alpha value is -3.27. The van der Waals surface area contributed by atoms with Crippen LogP contribution in [0.15, 0.2) is 34.7 Å². The van der Waals surface area contributed by atoms with Crippen LogP contribution < -0.4 is 21.5 Å². The van der Waals surface area contributed by atoms with Gasteiger partial charge in [0, 0.05) is 49.0 Å². The van der Waals surface area contributed by atoms with Crippen LogP contribution in [0.5, 0.6) is 0 Å². The topological polar surface area (TPSA) is 137 Å². The highest BCUT2D eigenvalue weighted by Gasteiger charge is 2.09. The Bertz CT molecular complexity index is 1040. The van der Waals surface area contributed by atoms with Crippen LogP contribution in [0.1, 0.15) is 35.4 Å². The molecule has 0 aliphatic heterocycles. The molecular weight excluding hydrogens is 400 g/mol. The van der Waals surface area contributed by atoms with E-state index in [1.165, 1.54) is 11.3 Å². The van der Waals surface area contributed by atoms with Gasteiger partial charge in [0.05, 0.1) is 5.69 Å². The number of nitrogens with one attached hydrogen (secondary N) is 3. The number of thiazole rings is 1. The van der Waals surface area contributed by atoms with Crippen molar-refractivity contribution in [3.8, 4) is 0 Å². The summed E-state index contributed by atoms with van der Waals surface area (Å²) in [6.07, 6.45) is 6.61. The summed E-state index contributed by atoms with van der Waals surface area (Å²) in [5.74, 6) is 0.452. The first kappa shape index (κ1) is 21.4. The third-order valence-electron chi connectivity index (χ3n) is 4.58. The molecule has 3 heterocycles. The first-order valence-corrected chi connectivity index (χ1v) is 10.6. The number of pyridine rings is 1. The Balaban J connectivity index is 1.43. The molecule has 30 heavy (non-hydrogen) atoms. The summed E-state index contributed by atoms with van der Waals surface area (Å²) in [7, 11) is 1.73. The number of unbranched alkanes of at least 4 members (excludes halogenated alkanes) is 1. The molecule has 5 N–H and O–H groups in total. The summed E-state index contributed by atoms with van der Waals surface area (Å²) < 4.78 is 0. The molecule has 0 aromatic carbocycles. The minimum atomic E-state index is -0.141. The largest absolute Gasteiger partial charge is 0.370 e. The van der Waals surface area contributed by atoms with Gasteiger partial charge in [-0.25, -0.2) is 9.97 Å². The lowest BCUT2D eigenvalue weighted by molar-refractivity contribution is 0.748. The first-order valence-electron chi connectivity index (χ1n) is 9.68. The van der Waals surface area contributed by atoms with E-state index in [0.29, 0.717) is 24.5 Å². The molecule has 0 radical (unpaired) electrons. The standard InChI is InChI=1S/C20H26N8OS/c1-13-6-7-14(10-24-13)9-15-11-25-19(27-17(15)29)23-8-4-3-5-16-12-30-20(26-16)28(2)18(21)22/h6-7,10-12H,3-5,8-9H2,1-2H3,(H3,21,22)(H2,23,25,27,29). The lowest BCUT2D eigenvalue weighted by Gasteiger charge is -2.11. The van der Waals surface area contributed by atoms with E-state index in [1.807, 2.05) is 24.4 Å². The van der Waals surface area contributed by atoms with Crippen molar-refractivity contribution in [1.29, 1.82) is 5.41 Å². The second-order valence-electron chi connectivity index (χ2n) is 7.02. The van der Waals surface area contributed by atoms with Crippen molar-refractivity contribution in [2.75, 3.05) is 23.8 Å². The molecule has 0 bridgehead atoms. The summed E-state index contributed by atoms with van der Waals surface area (Å²) in [6, 6.07) is 3.90. The number of rotatable bonds is 9. The van der Waals surface area contributed by atoms with Gasteiger partial charge in [0.2, 0.25) is 5.95 Å². The number of nitrogens with zero attached hydrogens (tertiary/aromatic N) is 4. The zero-order chi connectivity index (χ0) is 21.5. The van der Waals surface area contributed by atoms with Gasteiger partial charge in [-0.05, 0) is 37.8 Å². The smallest absolute Gasteiger partial charge is 0.255 e. The molecule has 0 aliphatic rings. The van der Waals surface area contributed by atoms with Crippen LogP contribution in [0.4, 0.5) is 11.1 Å². The zero-order valence-electron chi connectivity index (χ0n) is 17.1. The predicted octanol–water partition coefficient (Wildman–Crippen LogP) is 2.29. The van der Waals surface area contributed by atoms with Gasteiger partial charge in [-0.2, -0.15) is 0 Å². The fourth-order valence-corrected chi connectivity index (χ4v) is 3.60. The van der Waals surface area contributed by atoms with Gasteiger partial charge in [0.1, 0.15) is 0 Å². The van der Waals surface area contributed by atoms with Gasteiger partial charge in [0.25, 0.3) is 5.56 Å². The highest BCUT2D eigenvalue weighted by Crippen LogP contribution is 2.20. The number of guanidine groups is 1. The molecule has 0 spiro atoms. The first-order chi connectivity index (χ1) is 14.4. The molecule has 3 aromatic heterocycles. The molecule has 0 fully saturated rings. The van der Waals surface area contributed by atoms with Crippen LogP contribution in [0.3, 0.4) is 0 Å². The van der Waals surface area contributed by atoms with Gasteiger partial charge in [0.15, 0.2) is 11.1 Å². The van der Waals surface area contributed by atoms with E-state index < -0.39 is 0 Å². The van der Waals surface area contributed by atoms with Crippen LogP contribution in [-0.2, 0) is 12.8 Å². The van der Waals surface area contributed by atoms with Crippen LogP contribution in [0.25, 0.3) is 0 Å². The van der Waals surface area contributed by atoms with Crippen LogP contribution in [0, 0.1) is 12.3 Å². The van der Waals surface area contributed by atoms with Crippen molar-refractivity contribution < 1.29 is 0 Å². The summed E-state index contributed by atoms with van der Waals surface area (Å²) in [4.78, 5) is 29.7. The Morgan fingerprint density at radius 3 is 2.83 bits per heavy atom. The number of hydrogen-bond donors (Lipinski definition) is 4. The van der Waals surface area contributed by atoms with E-state index >= 15 is 0 Å². The minimum absolute atomic E-state index is 0.0249. The number of hydrogen-bond acceptors (Lipinski definition) is 7. The normalized spacial score (nSPS) is 10.7. The highest BCUT2D eigenvalue weighted by molar-refractivity contribution is 7.14. The summed E-state index contributed by atoms with van der Waals surface area (Å²) >= 11 is 1.48. The Morgan fingerprint density at radius 1 is 1.30 bits per heavy atom. The van der Waals surface area contributed by atoms with E-state index in [1.54, 1.807) is 24.3 Å². The SMILES string of the molecule is Cc1ccc(Cc2cnc(NCCCCc3csc(N(C)C(=N)N)n3)[nH]c2=O)cn1. The molecule has 0 atom stereocenters. The fraction of sp³-hybridized carbons (Fsp3) is 0.350. The van der Waals surface area contributed by atoms with Gasteiger partial charge in [-0.3, -0.25) is 25.1 Å². The summed E-state index contributed by atoms with van der Waals surface area (Å²) in [5.41, 5.74) is 8.86. The maximum Gasteiger partial charge on any atom is 0.255 e. The van der Waals surface area contributed by atoms with Crippen molar-refractivity contribution in [3.05, 3.63) is 62.8 Å². The van der Waals surface area contributed by atoms with E-state index in [9.17, 15) is 4.79 Å². The lowest BCUT2D eigenvalue weighted by Crippen LogP contribution is -2.32. The van der Waals surface area contributed by atoms with Crippen molar-refractivity contribution in [2.45, 2.75) is 32.6 Å². The van der Waals surface area contributed by atoms with Crippen molar-refractivity contribution in [1.82, 2.24) is 19.9 Å². The molecule has 0 amide bonds. The molecule has 0 aliphatic carbocycles. The average Bonchev–Trinajstić information content (AvgIpc) is 3.19. The Kier molecular flexibility index (Phi) is 7.12. The minimum Gasteiger partial charge on any atom is -0.370 e. The van der Waals surface area contributed by atoms with E-state index in [0.717, 1.165) is 41.3 Å². The van der Waals surface area contributed by atoms with Crippen LogP contribution >= 0.6 is 11.3 Å². The quantitative estimate of drug-likeness (QED) is 0.234. The number of aromatic nitrogens is 4. The van der Waals surface area contributed by atoms with Crippen LogP contribution in [0.2, 0.25) is 0 Å². The third kappa shape index (κ3) is 5.86. The lowest BCUT2D eigenvalue weighted by atomic mass is 10.1. The molecule has 10 heteroatoms. The molecule has 3 rings (SSSR count). The maximum absolute atomic E-state index is 12.3. The number of anilines is 2. The average molecular weight is 427 g/mol. The Morgan fingerprint density at radius 2 is 2.13 bits per heavy atom. The third-order valence-corrected chi connectivity index (χ3v) is 5.55. The number of nitrogens with two attached hydrogens (primary N) is 1. The van der Waals surface area contributed by atoms with E-state index in [4.69, 9.17) is 11.1 Å². The summed E-state index contributed by atoms with van der Waals surface area (Å²) in [6.45, 7) is 2.63. The second kappa shape index (κ2) is 9.97. The van der Waals surface area contributed by atoms with Crippen molar-refractivity contribution >= 4 is 28.4 Å². The zero-order valence-corrected chi connectivity index (χ0v) is 17.9. The van der Waals surface area contributed by atoms with Crippen molar-refractivity contribution in [3.63, 3.8) is 0 Å². The summed E-state index contributed by atoms with van der Waals surface area (Å²) in [5, 5.41) is 13.3. The predicted molar refractivity (Wildman–Crippen MR) is 120 cm³/mol. The molecule has 158 valence electrons. The van der Waals surface area contributed by atoms with Gasteiger partial charge < -0.3 is 11.1 Å². The Labute approximate surface area is 178 Å². The molecule has 0 unspecified atom stereocenters. The van der Waals surface area contributed by atoms with Gasteiger partial charge in [-0.15, -0.1) is 11.3 Å². The monoisotopic (exact) mass is 426 g/mol. The van der Waals surface area contributed by atoms with E-state index in [2.05, 4.69) is 25.3 Å². The number of aromatic amines is 1. The number of aryl methyl sites for hydroxylation is 2. The van der Waals surface area contributed by atoms with Crippen LogP contribution in [-0.4, -0.2) is 39.5 Å². The second-order valence-corrected chi connectivity index (χ2v) is 7.86. The van der Waals surface area contributed by atoms with Gasteiger partial charge in [-0.1, -0.05) is 6.07 Å². The van der Waals surface area contributed by atoms with Crippen molar-refractivity contribution in [2.24, 2.45) is 5.73 Å².